The van der Waals surface area contributed by atoms with Crippen molar-refractivity contribution in [2.75, 3.05) is 17.4 Å². The molecule has 0 aliphatic carbocycles. The maximum absolute atomic E-state index is 13.9. The van der Waals surface area contributed by atoms with Crippen LogP contribution in [-0.2, 0) is 32.3 Å². The number of anilines is 1. The SMILES string of the molecule is Cc1ccccc1CN(C(=O)CN(c1ccc(Cl)c(C(F)(F)F)c1)S(=O)(=O)c1ccccc1)C(C)C(=O)NCC(C)C. The van der Waals surface area contributed by atoms with E-state index in [4.69, 9.17) is 11.6 Å². The molecule has 1 N–H and O–H groups in total. The summed E-state index contributed by atoms with van der Waals surface area (Å²) in [7, 11) is -4.53. The highest BCUT2D eigenvalue weighted by Crippen LogP contribution is 2.38. The van der Waals surface area contributed by atoms with Gasteiger partial charge in [-0.15, -0.1) is 0 Å². The smallest absolute Gasteiger partial charge is 0.354 e. The van der Waals surface area contributed by atoms with Gasteiger partial charge in [0.1, 0.15) is 12.6 Å². The number of carbonyl (C=O) groups excluding carboxylic acids is 2. The van der Waals surface area contributed by atoms with E-state index in [2.05, 4.69) is 5.32 Å². The highest BCUT2D eigenvalue weighted by atomic mass is 35.5. The molecule has 1 unspecified atom stereocenters. The van der Waals surface area contributed by atoms with Crippen molar-refractivity contribution in [1.29, 1.82) is 0 Å². The number of alkyl halides is 3. The first kappa shape index (κ1) is 32.9. The van der Waals surface area contributed by atoms with Crippen LogP contribution < -0.4 is 9.62 Å². The van der Waals surface area contributed by atoms with Crippen molar-refractivity contribution in [2.45, 2.75) is 51.4 Å². The second kappa shape index (κ2) is 13.6. The van der Waals surface area contributed by atoms with Gasteiger partial charge in [-0.2, -0.15) is 13.2 Å². The summed E-state index contributed by atoms with van der Waals surface area (Å²) in [6.45, 7) is 6.63. The number of halogens is 4. The van der Waals surface area contributed by atoms with Crippen molar-refractivity contribution in [2.24, 2.45) is 5.92 Å². The summed E-state index contributed by atoms with van der Waals surface area (Å²) in [6.07, 6.45) is -4.88. The van der Waals surface area contributed by atoms with Gasteiger partial charge in [0.15, 0.2) is 0 Å². The minimum atomic E-state index is -4.88. The second-order valence-electron chi connectivity index (χ2n) is 10.2. The third-order valence-corrected chi connectivity index (χ3v) is 8.72. The van der Waals surface area contributed by atoms with Crippen molar-refractivity contribution in [3.63, 3.8) is 0 Å². The molecule has 3 aromatic carbocycles. The molecule has 0 aliphatic rings. The molecule has 0 aliphatic heterocycles. The summed E-state index contributed by atoms with van der Waals surface area (Å²) < 4.78 is 69.4. The van der Waals surface area contributed by atoms with Crippen LogP contribution >= 0.6 is 11.6 Å². The van der Waals surface area contributed by atoms with Gasteiger partial charge in [-0.25, -0.2) is 8.42 Å². The lowest BCUT2D eigenvalue weighted by molar-refractivity contribution is -0.139. The van der Waals surface area contributed by atoms with Crippen molar-refractivity contribution >= 4 is 39.1 Å². The Balaban J connectivity index is 2.10. The maximum Gasteiger partial charge on any atom is 0.417 e. The average Bonchev–Trinajstić information content (AvgIpc) is 2.93. The van der Waals surface area contributed by atoms with Crippen LogP contribution in [0.3, 0.4) is 0 Å². The van der Waals surface area contributed by atoms with E-state index in [1.165, 1.54) is 36.1 Å². The van der Waals surface area contributed by atoms with Crippen molar-refractivity contribution < 1.29 is 31.2 Å². The Morgan fingerprint density at radius 1 is 0.952 bits per heavy atom. The molecule has 3 aromatic rings. The molecule has 0 bridgehead atoms. The second-order valence-corrected chi connectivity index (χ2v) is 12.5. The standard InChI is InChI=1S/C30H33ClF3N3O4S/c1-20(2)17-35-29(39)22(4)36(18-23-11-9-8-10-21(23)3)28(38)19-37(42(40,41)25-12-6-5-7-13-25)24-14-15-27(31)26(16-24)30(32,33)34/h5-16,20,22H,17-19H2,1-4H3,(H,35,39). The number of nitrogens with zero attached hydrogens (tertiary/aromatic N) is 2. The minimum Gasteiger partial charge on any atom is -0.354 e. The van der Waals surface area contributed by atoms with Gasteiger partial charge in [0, 0.05) is 13.1 Å². The number of benzene rings is 3. The molecule has 0 heterocycles. The Morgan fingerprint density at radius 3 is 2.17 bits per heavy atom. The van der Waals surface area contributed by atoms with E-state index in [1.54, 1.807) is 18.2 Å². The molecule has 226 valence electrons. The van der Waals surface area contributed by atoms with Crippen molar-refractivity contribution in [1.82, 2.24) is 10.2 Å². The number of hydrogen-bond acceptors (Lipinski definition) is 4. The van der Waals surface area contributed by atoms with E-state index >= 15 is 0 Å². The molecule has 0 spiro atoms. The summed E-state index contributed by atoms with van der Waals surface area (Å²) in [4.78, 5) is 28.0. The first-order valence-electron chi connectivity index (χ1n) is 13.2. The highest BCUT2D eigenvalue weighted by Gasteiger charge is 2.37. The maximum atomic E-state index is 13.9. The zero-order chi connectivity index (χ0) is 31.2. The summed E-state index contributed by atoms with van der Waals surface area (Å²) in [6, 6.07) is 15.9. The fourth-order valence-electron chi connectivity index (χ4n) is 4.14. The molecule has 0 fully saturated rings. The third-order valence-electron chi connectivity index (χ3n) is 6.61. The molecular formula is C30H33ClF3N3O4S. The molecule has 3 rings (SSSR count). The zero-order valence-electron chi connectivity index (χ0n) is 23.7. The van der Waals surface area contributed by atoms with Crippen LogP contribution in [0.1, 0.15) is 37.5 Å². The average molecular weight is 624 g/mol. The van der Waals surface area contributed by atoms with Crippen LogP contribution in [0, 0.1) is 12.8 Å². The Bertz CT molecular complexity index is 1520. The summed E-state index contributed by atoms with van der Waals surface area (Å²) in [5.74, 6) is -1.09. The van der Waals surface area contributed by atoms with Gasteiger partial charge in [0.2, 0.25) is 11.8 Å². The monoisotopic (exact) mass is 623 g/mol. The van der Waals surface area contributed by atoms with Gasteiger partial charge in [0.05, 0.1) is 21.2 Å². The zero-order valence-corrected chi connectivity index (χ0v) is 25.2. The van der Waals surface area contributed by atoms with Crippen LogP contribution in [-0.4, -0.2) is 44.3 Å². The summed E-state index contributed by atoms with van der Waals surface area (Å²) in [5, 5.41) is 2.17. The quantitative estimate of drug-likeness (QED) is 0.282. The van der Waals surface area contributed by atoms with Gasteiger partial charge in [-0.1, -0.05) is 67.9 Å². The number of amides is 2. The largest absolute Gasteiger partial charge is 0.417 e. The molecule has 7 nitrogen and oxygen atoms in total. The predicted molar refractivity (Wildman–Crippen MR) is 156 cm³/mol. The molecule has 0 aromatic heterocycles. The molecule has 42 heavy (non-hydrogen) atoms. The van der Waals surface area contributed by atoms with E-state index < -0.39 is 56.9 Å². The normalized spacial score (nSPS) is 12.6. The molecule has 0 saturated heterocycles. The summed E-state index contributed by atoms with van der Waals surface area (Å²) >= 11 is 5.80. The number of nitrogens with one attached hydrogen (secondary N) is 1. The predicted octanol–water partition coefficient (Wildman–Crippen LogP) is 6.05. The lowest BCUT2D eigenvalue weighted by Gasteiger charge is -2.32. The molecule has 0 saturated carbocycles. The number of sulfonamides is 1. The fraction of sp³-hybridized carbons (Fsp3) is 0.333. The first-order valence-corrected chi connectivity index (χ1v) is 15.0. The third kappa shape index (κ3) is 8.04. The minimum absolute atomic E-state index is 0.0323. The number of aryl methyl sites for hydroxylation is 1. The first-order chi connectivity index (χ1) is 19.6. The van der Waals surface area contributed by atoms with E-state index in [9.17, 15) is 31.2 Å². The Hall–Kier alpha value is -3.57. The van der Waals surface area contributed by atoms with E-state index in [1.807, 2.05) is 32.9 Å². The molecule has 1 atom stereocenters. The molecule has 0 radical (unpaired) electrons. The number of rotatable bonds is 11. The lowest BCUT2D eigenvalue weighted by Crippen LogP contribution is -2.51. The van der Waals surface area contributed by atoms with Crippen LogP contribution in [0.5, 0.6) is 0 Å². The van der Waals surface area contributed by atoms with Crippen LogP contribution in [0.25, 0.3) is 0 Å². The number of hydrogen-bond donors (Lipinski definition) is 1. The Morgan fingerprint density at radius 2 is 1.57 bits per heavy atom. The van der Waals surface area contributed by atoms with Crippen molar-refractivity contribution in [3.8, 4) is 0 Å². The Kier molecular flexibility index (Phi) is 10.7. The fourth-order valence-corrected chi connectivity index (χ4v) is 5.79. The topological polar surface area (TPSA) is 86.8 Å². The van der Waals surface area contributed by atoms with Crippen molar-refractivity contribution in [3.05, 3.63) is 94.5 Å². The van der Waals surface area contributed by atoms with Crippen LogP contribution in [0.15, 0.2) is 77.7 Å². The van der Waals surface area contributed by atoms with E-state index in [0.29, 0.717) is 16.9 Å². The van der Waals surface area contributed by atoms with Gasteiger partial charge >= 0.3 is 6.18 Å². The van der Waals surface area contributed by atoms with Gasteiger partial charge in [-0.3, -0.25) is 13.9 Å². The van der Waals surface area contributed by atoms with Crippen LogP contribution in [0.4, 0.5) is 18.9 Å². The molecule has 12 heteroatoms. The van der Waals surface area contributed by atoms with Gasteiger partial charge in [0.25, 0.3) is 10.0 Å². The molecule has 2 amide bonds. The van der Waals surface area contributed by atoms with E-state index in [0.717, 1.165) is 23.3 Å². The summed E-state index contributed by atoms with van der Waals surface area (Å²) in [5.41, 5.74) is -0.0960. The van der Waals surface area contributed by atoms with Crippen LogP contribution in [0.2, 0.25) is 5.02 Å². The highest BCUT2D eigenvalue weighted by molar-refractivity contribution is 7.92. The van der Waals surface area contributed by atoms with Gasteiger partial charge < -0.3 is 10.2 Å². The Labute approximate surface area is 249 Å². The number of carbonyl (C=O) groups is 2. The van der Waals surface area contributed by atoms with E-state index in [-0.39, 0.29) is 17.4 Å². The van der Waals surface area contributed by atoms with Gasteiger partial charge in [-0.05, 0) is 61.2 Å². The molecular weight excluding hydrogens is 591 g/mol. The lowest BCUT2D eigenvalue weighted by atomic mass is 10.1.